The zero-order chi connectivity index (χ0) is 20.4. The van der Waals surface area contributed by atoms with Gasteiger partial charge in [0.05, 0.1) is 19.5 Å². The van der Waals surface area contributed by atoms with Crippen LogP contribution >= 0.6 is 0 Å². The molecule has 0 aromatic rings. The topological polar surface area (TPSA) is 145 Å². The van der Waals surface area contributed by atoms with Gasteiger partial charge in [-0.3, -0.25) is 29.8 Å². The summed E-state index contributed by atoms with van der Waals surface area (Å²) in [6, 6.07) is -0.518. The number of hydrogen-bond donors (Lipinski definition) is 3. The van der Waals surface area contributed by atoms with Crippen LogP contribution in [-0.2, 0) is 38.1 Å². The first-order valence-electron chi connectivity index (χ1n) is 8.91. The van der Waals surface area contributed by atoms with Gasteiger partial charge in [-0.1, -0.05) is 0 Å². The van der Waals surface area contributed by atoms with E-state index in [4.69, 9.17) is 18.9 Å². The fraction of sp³-hybridized carbons (Fsp3) is 0.750. The predicted octanol–water partition coefficient (Wildman–Crippen LogP) is -2.63. The number of carbonyl (C=O) groups excluding carboxylic acids is 4. The molecule has 12 nitrogen and oxygen atoms in total. The van der Waals surface area contributed by atoms with Crippen LogP contribution in [0.2, 0.25) is 0 Å². The SMILES string of the molecule is CC(=O)OC[C@H]1O[C@@H](N2CNC3C(=O)NCNC32)[C@H](OC(C)=O)[C@@H]1OC(C)=O. The minimum atomic E-state index is -0.970. The van der Waals surface area contributed by atoms with Crippen LogP contribution in [0.15, 0.2) is 0 Å². The molecule has 0 spiro atoms. The van der Waals surface area contributed by atoms with Crippen LogP contribution in [0.25, 0.3) is 0 Å². The first-order valence-corrected chi connectivity index (χ1v) is 8.91. The van der Waals surface area contributed by atoms with Crippen LogP contribution in [0.3, 0.4) is 0 Å². The van der Waals surface area contributed by atoms with E-state index in [1.165, 1.54) is 20.8 Å². The number of nitrogens with zero attached hydrogens (tertiary/aromatic N) is 1. The zero-order valence-electron chi connectivity index (χ0n) is 15.8. The molecule has 0 aromatic carbocycles. The lowest BCUT2D eigenvalue weighted by Crippen LogP contribution is -2.64. The van der Waals surface area contributed by atoms with Crippen LogP contribution in [0.4, 0.5) is 0 Å². The number of amides is 1. The molecular weight excluding hydrogens is 376 g/mol. The first-order chi connectivity index (χ1) is 13.3. The average molecular weight is 400 g/mol. The van der Waals surface area contributed by atoms with Crippen molar-refractivity contribution in [1.29, 1.82) is 0 Å². The zero-order valence-corrected chi connectivity index (χ0v) is 15.8. The van der Waals surface area contributed by atoms with Gasteiger partial charge in [-0.25, -0.2) is 4.90 Å². The van der Waals surface area contributed by atoms with Crippen LogP contribution < -0.4 is 16.0 Å². The Labute approximate surface area is 161 Å². The molecule has 0 aromatic heterocycles. The van der Waals surface area contributed by atoms with Gasteiger partial charge in [-0.2, -0.15) is 0 Å². The van der Waals surface area contributed by atoms with E-state index in [9.17, 15) is 19.2 Å². The molecule has 0 aliphatic carbocycles. The number of carbonyl (C=O) groups is 4. The maximum atomic E-state index is 12.1. The average Bonchev–Trinajstić information content (AvgIpc) is 3.16. The molecule has 0 saturated carbocycles. The Balaban J connectivity index is 1.84. The highest BCUT2D eigenvalue weighted by Crippen LogP contribution is 2.32. The lowest BCUT2D eigenvalue weighted by Gasteiger charge is -2.36. The second-order valence-electron chi connectivity index (χ2n) is 6.74. The molecule has 156 valence electrons. The van der Waals surface area contributed by atoms with Crippen molar-refractivity contribution in [3.8, 4) is 0 Å². The number of fused-ring (bicyclic) bond motifs is 1. The summed E-state index contributed by atoms with van der Waals surface area (Å²) in [5.74, 6) is -1.86. The maximum Gasteiger partial charge on any atom is 0.303 e. The van der Waals surface area contributed by atoms with Crippen molar-refractivity contribution in [3.63, 3.8) is 0 Å². The standard InChI is InChI=1S/C16H24N4O8/c1-7(21)25-4-10-12(26-8(2)22)13(27-9(3)23)16(28-10)20-6-19-11-14(20)17-5-18-15(11)24/h10-14,16-17,19H,4-6H2,1-3H3,(H,18,24)/t10-,11?,12-,13-,14?,16-/m1/s1. The molecule has 3 aliphatic heterocycles. The largest absolute Gasteiger partial charge is 0.463 e. The van der Waals surface area contributed by atoms with Gasteiger partial charge < -0.3 is 24.3 Å². The van der Waals surface area contributed by atoms with E-state index in [0.717, 1.165) is 0 Å². The summed E-state index contributed by atoms with van der Waals surface area (Å²) in [6.45, 7) is 4.07. The third-order valence-electron chi connectivity index (χ3n) is 4.69. The van der Waals surface area contributed by atoms with Gasteiger partial charge in [0.2, 0.25) is 5.91 Å². The highest BCUT2D eigenvalue weighted by atomic mass is 16.7. The summed E-state index contributed by atoms with van der Waals surface area (Å²) in [5.41, 5.74) is 0. The smallest absolute Gasteiger partial charge is 0.303 e. The minimum Gasteiger partial charge on any atom is -0.463 e. The van der Waals surface area contributed by atoms with E-state index < -0.39 is 54.7 Å². The van der Waals surface area contributed by atoms with Crippen molar-refractivity contribution in [2.45, 2.75) is 57.5 Å². The van der Waals surface area contributed by atoms with E-state index in [-0.39, 0.29) is 25.9 Å². The number of hydrogen-bond acceptors (Lipinski definition) is 11. The highest BCUT2D eigenvalue weighted by Gasteiger charge is 2.55. The Kier molecular flexibility index (Phi) is 6.13. The summed E-state index contributed by atoms with van der Waals surface area (Å²) in [6.07, 6.45) is -4.01. The molecule has 1 amide bonds. The predicted molar refractivity (Wildman–Crippen MR) is 90.0 cm³/mol. The number of nitrogens with one attached hydrogen (secondary N) is 3. The lowest BCUT2D eigenvalue weighted by molar-refractivity contribution is -0.169. The number of esters is 3. The van der Waals surface area contributed by atoms with Crippen molar-refractivity contribution >= 4 is 23.8 Å². The Morgan fingerprint density at radius 1 is 1.07 bits per heavy atom. The Hall–Kier alpha value is -2.28. The molecule has 3 aliphatic rings. The summed E-state index contributed by atoms with van der Waals surface area (Å²) >= 11 is 0. The molecule has 0 bridgehead atoms. The van der Waals surface area contributed by atoms with Crippen LogP contribution in [0, 0.1) is 0 Å². The Morgan fingerprint density at radius 2 is 1.75 bits per heavy atom. The normalized spacial score (nSPS) is 35.0. The van der Waals surface area contributed by atoms with E-state index >= 15 is 0 Å². The third-order valence-corrected chi connectivity index (χ3v) is 4.69. The summed E-state index contributed by atoms with van der Waals surface area (Å²) in [7, 11) is 0. The van der Waals surface area contributed by atoms with Gasteiger partial charge in [0.15, 0.2) is 18.4 Å². The monoisotopic (exact) mass is 400 g/mol. The van der Waals surface area contributed by atoms with Crippen molar-refractivity contribution in [3.05, 3.63) is 0 Å². The molecule has 3 rings (SSSR count). The molecule has 3 fully saturated rings. The molecule has 3 N–H and O–H groups in total. The summed E-state index contributed by atoms with van der Waals surface area (Å²) in [5, 5.41) is 8.91. The van der Waals surface area contributed by atoms with Crippen molar-refractivity contribution in [2.24, 2.45) is 0 Å². The van der Waals surface area contributed by atoms with Crippen LogP contribution in [0.1, 0.15) is 20.8 Å². The third kappa shape index (κ3) is 4.24. The molecule has 6 atom stereocenters. The molecule has 2 unspecified atom stereocenters. The quantitative estimate of drug-likeness (QED) is 0.329. The Morgan fingerprint density at radius 3 is 2.39 bits per heavy atom. The number of rotatable bonds is 5. The molecule has 28 heavy (non-hydrogen) atoms. The highest BCUT2D eigenvalue weighted by molar-refractivity contribution is 5.83. The van der Waals surface area contributed by atoms with Crippen molar-refractivity contribution < 1.29 is 38.1 Å². The fourth-order valence-electron chi connectivity index (χ4n) is 3.64. The van der Waals surface area contributed by atoms with Gasteiger partial charge in [-0.15, -0.1) is 0 Å². The van der Waals surface area contributed by atoms with E-state index in [2.05, 4.69) is 16.0 Å². The molecule has 0 radical (unpaired) electrons. The van der Waals surface area contributed by atoms with Crippen LogP contribution in [0.5, 0.6) is 0 Å². The van der Waals surface area contributed by atoms with Gasteiger partial charge >= 0.3 is 17.9 Å². The molecule has 3 saturated heterocycles. The number of ether oxygens (including phenoxy) is 4. The van der Waals surface area contributed by atoms with Gasteiger partial charge in [0.1, 0.15) is 18.8 Å². The Bertz CT molecular complexity index is 659. The van der Waals surface area contributed by atoms with Gasteiger partial charge in [0, 0.05) is 20.8 Å². The maximum absolute atomic E-state index is 12.1. The van der Waals surface area contributed by atoms with Gasteiger partial charge in [0.25, 0.3) is 0 Å². The van der Waals surface area contributed by atoms with Crippen molar-refractivity contribution in [2.75, 3.05) is 19.9 Å². The van der Waals surface area contributed by atoms with Crippen molar-refractivity contribution in [1.82, 2.24) is 20.9 Å². The van der Waals surface area contributed by atoms with Gasteiger partial charge in [-0.05, 0) is 0 Å². The lowest BCUT2D eigenvalue weighted by atomic mass is 10.1. The molecule has 12 heteroatoms. The van der Waals surface area contributed by atoms with Crippen LogP contribution in [-0.4, -0.2) is 85.4 Å². The fourth-order valence-corrected chi connectivity index (χ4v) is 3.64. The second-order valence-corrected chi connectivity index (χ2v) is 6.74. The molecule has 3 heterocycles. The first kappa shape index (κ1) is 20.5. The van der Waals surface area contributed by atoms with E-state index in [1.807, 2.05) is 0 Å². The van der Waals surface area contributed by atoms with E-state index in [1.54, 1.807) is 4.90 Å². The summed E-state index contributed by atoms with van der Waals surface area (Å²) in [4.78, 5) is 48.3. The van der Waals surface area contributed by atoms with E-state index in [0.29, 0.717) is 0 Å². The minimum absolute atomic E-state index is 0.165. The second kappa shape index (κ2) is 8.39. The summed E-state index contributed by atoms with van der Waals surface area (Å²) < 4.78 is 21.8. The molecular formula is C16H24N4O8.